The van der Waals surface area contributed by atoms with E-state index in [1.807, 2.05) is 6.92 Å². The second-order valence-corrected chi connectivity index (χ2v) is 10.3. The Morgan fingerprint density at radius 2 is 1.77 bits per heavy atom. The van der Waals surface area contributed by atoms with Gasteiger partial charge in [0.25, 0.3) is 0 Å². The van der Waals surface area contributed by atoms with Crippen LogP contribution in [0.15, 0.2) is 0 Å². The van der Waals surface area contributed by atoms with Crippen molar-refractivity contribution in [1.29, 1.82) is 5.26 Å². The first-order valence-electron chi connectivity index (χ1n) is 4.44. The van der Waals surface area contributed by atoms with Crippen molar-refractivity contribution >= 4 is 15.2 Å². The third-order valence-corrected chi connectivity index (χ3v) is 6.83. The van der Waals surface area contributed by atoms with Crippen LogP contribution < -0.4 is 0 Å². The molecule has 13 heavy (non-hydrogen) atoms. The zero-order valence-corrected chi connectivity index (χ0v) is 10.00. The average Bonchev–Trinajstić information content (AvgIpc) is 1.99. The normalized spacial score (nSPS) is 18.6. The predicted molar refractivity (Wildman–Crippen MR) is 56.9 cm³/mol. The molecule has 2 N–H and O–H groups in total. The Bertz CT molecular complexity index is 221. The van der Waals surface area contributed by atoms with Crippen molar-refractivity contribution in [2.45, 2.75) is 44.3 Å². The molecule has 0 amide bonds. The Morgan fingerprint density at radius 3 is 1.85 bits per heavy atom. The second kappa shape index (κ2) is 3.83. The predicted octanol–water partition coefficient (Wildman–Crippen LogP) is 1.47. The van der Waals surface area contributed by atoms with Crippen molar-refractivity contribution in [3.63, 3.8) is 0 Å². The summed E-state index contributed by atoms with van der Waals surface area (Å²) in [5.74, 6) is -0.399. The maximum absolute atomic E-state index is 9.10. The lowest BCUT2D eigenvalue weighted by Crippen LogP contribution is -2.43. The third-order valence-electron chi connectivity index (χ3n) is 3.15. The Labute approximate surface area is 81.5 Å². The SMILES string of the molecule is CC(B(O)O)C(C)(C#N)[Si](C)(C)C. The summed E-state index contributed by atoms with van der Waals surface area (Å²) in [7, 11) is -3.12. The molecule has 0 aliphatic rings. The third kappa shape index (κ3) is 2.33. The van der Waals surface area contributed by atoms with Crippen molar-refractivity contribution in [2.75, 3.05) is 0 Å². The van der Waals surface area contributed by atoms with E-state index < -0.39 is 26.0 Å². The van der Waals surface area contributed by atoms with Gasteiger partial charge in [-0.3, -0.25) is 0 Å². The van der Waals surface area contributed by atoms with E-state index in [0.717, 1.165) is 0 Å². The second-order valence-electron chi connectivity index (χ2n) is 4.77. The Morgan fingerprint density at radius 1 is 1.38 bits per heavy atom. The first-order valence-corrected chi connectivity index (χ1v) is 7.94. The largest absolute Gasteiger partial charge is 0.455 e. The molecule has 0 aromatic rings. The maximum Gasteiger partial charge on any atom is 0.455 e. The van der Waals surface area contributed by atoms with Crippen LogP contribution in [-0.2, 0) is 0 Å². The molecule has 0 heterocycles. The number of hydrogen-bond donors (Lipinski definition) is 2. The molecule has 0 aliphatic heterocycles. The van der Waals surface area contributed by atoms with E-state index in [2.05, 4.69) is 25.7 Å². The van der Waals surface area contributed by atoms with Crippen molar-refractivity contribution in [1.82, 2.24) is 0 Å². The fourth-order valence-electron chi connectivity index (χ4n) is 1.25. The lowest BCUT2D eigenvalue weighted by molar-refractivity contribution is 0.376. The van der Waals surface area contributed by atoms with Crippen LogP contribution in [0, 0.1) is 11.3 Å². The minimum Gasteiger partial charge on any atom is -0.427 e. The molecule has 0 bridgehead atoms. The summed E-state index contributed by atoms with van der Waals surface area (Å²) in [6.07, 6.45) is 0. The quantitative estimate of drug-likeness (QED) is 0.676. The molecule has 2 unspecified atom stereocenters. The van der Waals surface area contributed by atoms with Gasteiger partial charge in [-0.1, -0.05) is 26.6 Å². The van der Waals surface area contributed by atoms with Crippen LogP contribution in [0.5, 0.6) is 0 Å². The molecule has 0 aromatic carbocycles. The molecule has 2 atom stereocenters. The molecule has 0 fully saturated rings. The average molecular weight is 199 g/mol. The smallest absolute Gasteiger partial charge is 0.427 e. The molecule has 5 heteroatoms. The van der Waals surface area contributed by atoms with Gasteiger partial charge in [0, 0.05) is 10.9 Å². The zero-order chi connectivity index (χ0) is 10.9. The molecular weight excluding hydrogens is 181 g/mol. The lowest BCUT2D eigenvalue weighted by Gasteiger charge is -2.38. The van der Waals surface area contributed by atoms with Gasteiger partial charge >= 0.3 is 7.12 Å². The van der Waals surface area contributed by atoms with Crippen molar-refractivity contribution < 1.29 is 10.0 Å². The van der Waals surface area contributed by atoms with Crippen LogP contribution in [-0.4, -0.2) is 25.2 Å². The molecule has 0 saturated carbocycles. The van der Waals surface area contributed by atoms with Gasteiger partial charge in [-0.25, -0.2) is 0 Å². The standard InChI is InChI=1S/C8H18BNO2Si/c1-7(9(11)12)8(2,6-10)13(3,4)5/h7,11-12H,1-5H3. The van der Waals surface area contributed by atoms with Gasteiger partial charge in [-0.05, 0) is 6.92 Å². The number of nitrogens with zero attached hydrogens (tertiary/aromatic N) is 1. The van der Waals surface area contributed by atoms with Crippen LogP contribution in [0.2, 0.25) is 30.5 Å². The summed E-state index contributed by atoms with van der Waals surface area (Å²) in [5, 5.41) is 26.7. The van der Waals surface area contributed by atoms with E-state index in [1.165, 1.54) is 0 Å². The van der Waals surface area contributed by atoms with Gasteiger partial charge in [-0.15, -0.1) is 0 Å². The van der Waals surface area contributed by atoms with Gasteiger partial charge in [0.2, 0.25) is 0 Å². The van der Waals surface area contributed by atoms with Gasteiger partial charge in [0.05, 0.1) is 14.1 Å². The Hall–Kier alpha value is -0.308. The minimum absolute atomic E-state index is 0.399. The highest BCUT2D eigenvalue weighted by Crippen LogP contribution is 2.48. The van der Waals surface area contributed by atoms with Gasteiger partial charge in [0.1, 0.15) is 0 Å². The highest BCUT2D eigenvalue weighted by Gasteiger charge is 2.47. The molecule has 3 nitrogen and oxygen atoms in total. The highest BCUT2D eigenvalue weighted by atomic mass is 28.3. The van der Waals surface area contributed by atoms with Crippen LogP contribution in [0.1, 0.15) is 13.8 Å². The molecule has 0 saturated heterocycles. The van der Waals surface area contributed by atoms with E-state index >= 15 is 0 Å². The Balaban J connectivity index is 4.99. The van der Waals surface area contributed by atoms with Gasteiger partial charge in [0.15, 0.2) is 0 Å². The summed E-state index contributed by atoms with van der Waals surface area (Å²) >= 11 is 0. The number of rotatable bonds is 3. The monoisotopic (exact) mass is 199 g/mol. The maximum atomic E-state index is 9.10. The fourth-order valence-corrected chi connectivity index (χ4v) is 3.10. The molecular formula is C8H18BNO2Si. The molecule has 74 valence electrons. The van der Waals surface area contributed by atoms with E-state index in [-0.39, 0.29) is 0 Å². The zero-order valence-electron chi connectivity index (χ0n) is 9.00. The highest BCUT2D eigenvalue weighted by molar-refractivity contribution is 6.81. The lowest BCUT2D eigenvalue weighted by atomic mass is 9.67. The summed E-state index contributed by atoms with van der Waals surface area (Å²) in [6.45, 7) is 9.73. The summed E-state index contributed by atoms with van der Waals surface area (Å²) in [6, 6.07) is 2.24. The van der Waals surface area contributed by atoms with Crippen LogP contribution >= 0.6 is 0 Å². The first kappa shape index (κ1) is 12.7. The van der Waals surface area contributed by atoms with Crippen molar-refractivity contribution in [2.24, 2.45) is 0 Å². The first-order chi connectivity index (χ1) is 5.66. The van der Waals surface area contributed by atoms with Crippen LogP contribution in [0.25, 0.3) is 0 Å². The van der Waals surface area contributed by atoms with Crippen molar-refractivity contribution in [3.05, 3.63) is 0 Å². The van der Waals surface area contributed by atoms with Gasteiger partial charge < -0.3 is 10.0 Å². The number of hydrogen-bond acceptors (Lipinski definition) is 3. The molecule has 0 radical (unpaired) electrons. The fraction of sp³-hybridized carbons (Fsp3) is 0.875. The van der Waals surface area contributed by atoms with Crippen LogP contribution in [0.3, 0.4) is 0 Å². The molecule has 0 spiro atoms. The number of nitriles is 1. The van der Waals surface area contributed by atoms with E-state index in [4.69, 9.17) is 15.3 Å². The van der Waals surface area contributed by atoms with E-state index in [9.17, 15) is 0 Å². The van der Waals surface area contributed by atoms with E-state index in [1.54, 1.807) is 6.92 Å². The van der Waals surface area contributed by atoms with Crippen LogP contribution in [0.4, 0.5) is 0 Å². The van der Waals surface area contributed by atoms with Crippen molar-refractivity contribution in [3.8, 4) is 6.07 Å². The van der Waals surface area contributed by atoms with E-state index in [0.29, 0.717) is 0 Å². The van der Waals surface area contributed by atoms with Gasteiger partial charge in [-0.2, -0.15) is 5.26 Å². The summed E-state index contributed by atoms with van der Waals surface area (Å²) in [5.41, 5.74) is 0. The topological polar surface area (TPSA) is 64.2 Å². The molecule has 0 rings (SSSR count). The minimum atomic E-state index is -1.72. The molecule has 0 aromatic heterocycles. The summed E-state index contributed by atoms with van der Waals surface area (Å²) < 4.78 is 0. The summed E-state index contributed by atoms with van der Waals surface area (Å²) in [4.78, 5) is 0. The molecule has 0 aliphatic carbocycles. The Kier molecular flexibility index (Phi) is 3.73.